The van der Waals surface area contributed by atoms with Crippen LogP contribution in [0.5, 0.6) is 5.75 Å². The van der Waals surface area contributed by atoms with Crippen LogP contribution in [-0.4, -0.2) is 35.4 Å². The van der Waals surface area contributed by atoms with Crippen molar-refractivity contribution >= 4 is 17.5 Å². The maximum Gasteiger partial charge on any atom is 0.573 e. The highest BCUT2D eigenvalue weighted by atomic mass is 19.4. The third-order valence-corrected chi connectivity index (χ3v) is 3.80. The molecular formula is C20H21F3N2O4. The van der Waals surface area contributed by atoms with E-state index in [1.54, 1.807) is 38.1 Å². The second kappa shape index (κ2) is 8.95. The largest absolute Gasteiger partial charge is 0.573 e. The summed E-state index contributed by atoms with van der Waals surface area (Å²) in [7, 11) is 0. The topological polar surface area (TPSA) is 87.7 Å². The van der Waals surface area contributed by atoms with E-state index in [1.165, 1.54) is 12.1 Å². The normalized spacial score (nSPS) is 11.7. The summed E-state index contributed by atoms with van der Waals surface area (Å²) in [6.45, 7) is 3.21. The van der Waals surface area contributed by atoms with Crippen molar-refractivity contribution in [1.29, 1.82) is 0 Å². The van der Waals surface area contributed by atoms with E-state index in [0.717, 1.165) is 12.1 Å². The van der Waals surface area contributed by atoms with Gasteiger partial charge >= 0.3 is 6.36 Å². The monoisotopic (exact) mass is 410 g/mol. The molecule has 3 N–H and O–H groups in total. The number of aliphatic hydroxyl groups excluding tert-OH is 1. The van der Waals surface area contributed by atoms with Crippen molar-refractivity contribution in [3.8, 4) is 5.75 Å². The number of hydrogen-bond acceptors (Lipinski definition) is 4. The molecule has 2 aromatic rings. The van der Waals surface area contributed by atoms with Crippen LogP contribution >= 0.6 is 0 Å². The minimum atomic E-state index is -4.80. The molecule has 0 unspecified atom stereocenters. The first kappa shape index (κ1) is 22.2. The Morgan fingerprint density at radius 3 is 2.10 bits per heavy atom. The predicted octanol–water partition coefficient (Wildman–Crippen LogP) is 3.27. The standard InChI is InChI=1S/C20H21F3N2O4/c1-19(2,12-26)25-17(27)11-13-3-7-15(8-4-13)24-18(28)14-5-9-16(10-6-14)29-20(21,22)23/h3-10,26H,11-12H2,1-2H3,(H,24,28)(H,25,27). The molecule has 0 heterocycles. The molecule has 0 aliphatic rings. The lowest BCUT2D eigenvalue weighted by Gasteiger charge is -2.23. The summed E-state index contributed by atoms with van der Waals surface area (Å²) >= 11 is 0. The lowest BCUT2D eigenvalue weighted by atomic mass is 10.1. The van der Waals surface area contributed by atoms with E-state index in [1.807, 2.05) is 0 Å². The zero-order valence-electron chi connectivity index (χ0n) is 15.8. The Morgan fingerprint density at radius 1 is 1.00 bits per heavy atom. The molecule has 0 saturated carbocycles. The predicted molar refractivity (Wildman–Crippen MR) is 101 cm³/mol. The lowest BCUT2D eigenvalue weighted by Crippen LogP contribution is -2.46. The van der Waals surface area contributed by atoms with Gasteiger partial charge in [0.2, 0.25) is 5.91 Å². The average Bonchev–Trinajstić information content (AvgIpc) is 2.62. The molecular weight excluding hydrogens is 389 g/mol. The number of carbonyl (C=O) groups excluding carboxylic acids is 2. The van der Waals surface area contributed by atoms with Gasteiger partial charge < -0.3 is 20.5 Å². The van der Waals surface area contributed by atoms with Gasteiger partial charge in [-0.3, -0.25) is 9.59 Å². The Morgan fingerprint density at radius 2 is 1.59 bits per heavy atom. The molecule has 0 spiro atoms. The Labute approximate surface area is 165 Å². The molecule has 2 rings (SSSR count). The summed E-state index contributed by atoms with van der Waals surface area (Å²) < 4.78 is 40.2. The van der Waals surface area contributed by atoms with E-state index in [0.29, 0.717) is 11.3 Å². The van der Waals surface area contributed by atoms with Gasteiger partial charge in [0.25, 0.3) is 5.91 Å². The van der Waals surface area contributed by atoms with Gasteiger partial charge in [-0.2, -0.15) is 0 Å². The number of aliphatic hydroxyl groups is 1. The van der Waals surface area contributed by atoms with Crippen LogP contribution in [0.4, 0.5) is 18.9 Å². The number of nitrogens with one attached hydrogen (secondary N) is 2. The van der Waals surface area contributed by atoms with Gasteiger partial charge in [-0.25, -0.2) is 0 Å². The van der Waals surface area contributed by atoms with Crippen molar-refractivity contribution in [2.24, 2.45) is 0 Å². The fourth-order valence-electron chi connectivity index (χ4n) is 2.36. The number of rotatable bonds is 7. The molecule has 0 aliphatic heterocycles. The van der Waals surface area contributed by atoms with Crippen molar-refractivity contribution in [1.82, 2.24) is 5.32 Å². The first-order chi connectivity index (χ1) is 13.5. The summed E-state index contributed by atoms with van der Waals surface area (Å²) in [4.78, 5) is 24.2. The zero-order chi connectivity index (χ0) is 21.7. The quantitative estimate of drug-likeness (QED) is 0.654. The number of anilines is 1. The van der Waals surface area contributed by atoms with Gasteiger partial charge in [-0.15, -0.1) is 13.2 Å². The fraction of sp³-hybridized carbons (Fsp3) is 0.300. The van der Waals surface area contributed by atoms with Gasteiger partial charge in [-0.05, 0) is 55.8 Å². The molecule has 156 valence electrons. The molecule has 9 heteroatoms. The van der Waals surface area contributed by atoms with E-state index in [-0.39, 0.29) is 24.5 Å². The molecule has 2 aromatic carbocycles. The molecule has 0 fully saturated rings. The first-order valence-corrected chi connectivity index (χ1v) is 8.65. The summed E-state index contributed by atoms with van der Waals surface area (Å²) in [6, 6.07) is 11.1. The van der Waals surface area contributed by atoms with Gasteiger partial charge in [-0.1, -0.05) is 12.1 Å². The molecule has 0 saturated heterocycles. The summed E-state index contributed by atoms with van der Waals surface area (Å²) in [5.74, 6) is -1.16. The van der Waals surface area contributed by atoms with Crippen molar-refractivity contribution in [2.45, 2.75) is 32.2 Å². The van der Waals surface area contributed by atoms with E-state index < -0.39 is 23.6 Å². The van der Waals surface area contributed by atoms with Crippen molar-refractivity contribution in [3.05, 3.63) is 59.7 Å². The smallest absolute Gasteiger partial charge is 0.406 e. The maximum absolute atomic E-state index is 12.2. The van der Waals surface area contributed by atoms with Gasteiger partial charge in [0.15, 0.2) is 0 Å². The minimum Gasteiger partial charge on any atom is -0.406 e. The van der Waals surface area contributed by atoms with Gasteiger partial charge in [0.05, 0.1) is 18.6 Å². The van der Waals surface area contributed by atoms with Crippen LogP contribution in [0.15, 0.2) is 48.5 Å². The van der Waals surface area contributed by atoms with Crippen LogP contribution in [0.3, 0.4) is 0 Å². The van der Waals surface area contributed by atoms with E-state index in [4.69, 9.17) is 0 Å². The van der Waals surface area contributed by atoms with Crippen molar-refractivity contribution < 1.29 is 32.6 Å². The number of benzene rings is 2. The van der Waals surface area contributed by atoms with Crippen LogP contribution in [0.2, 0.25) is 0 Å². The number of halogens is 3. The molecule has 0 radical (unpaired) electrons. The second-order valence-corrected chi connectivity index (χ2v) is 6.99. The van der Waals surface area contributed by atoms with Crippen LogP contribution in [-0.2, 0) is 11.2 Å². The third kappa shape index (κ3) is 7.46. The molecule has 0 atom stereocenters. The molecule has 0 bridgehead atoms. The summed E-state index contributed by atoms with van der Waals surface area (Å²) in [5, 5.41) is 14.5. The average molecular weight is 410 g/mol. The number of carbonyl (C=O) groups is 2. The molecule has 29 heavy (non-hydrogen) atoms. The first-order valence-electron chi connectivity index (χ1n) is 8.65. The van der Waals surface area contributed by atoms with Gasteiger partial charge in [0.1, 0.15) is 5.75 Å². The number of alkyl halides is 3. The Bertz CT molecular complexity index is 848. The fourth-order valence-corrected chi connectivity index (χ4v) is 2.36. The third-order valence-electron chi connectivity index (χ3n) is 3.80. The molecule has 0 aliphatic carbocycles. The highest BCUT2D eigenvalue weighted by molar-refractivity contribution is 6.04. The second-order valence-electron chi connectivity index (χ2n) is 6.99. The minimum absolute atomic E-state index is 0.109. The Kier molecular flexibility index (Phi) is 6.86. The van der Waals surface area contributed by atoms with Crippen LogP contribution < -0.4 is 15.4 Å². The molecule has 0 aromatic heterocycles. The summed E-state index contributed by atoms with van der Waals surface area (Å²) in [5.41, 5.74) is 0.619. The SMILES string of the molecule is CC(C)(CO)NC(=O)Cc1ccc(NC(=O)c2ccc(OC(F)(F)F)cc2)cc1. The Hall–Kier alpha value is -3.07. The zero-order valence-corrected chi connectivity index (χ0v) is 15.8. The highest BCUT2D eigenvalue weighted by Crippen LogP contribution is 2.23. The number of ether oxygens (including phenoxy) is 1. The lowest BCUT2D eigenvalue weighted by molar-refractivity contribution is -0.274. The molecule has 6 nitrogen and oxygen atoms in total. The van der Waals surface area contributed by atoms with Crippen molar-refractivity contribution in [3.63, 3.8) is 0 Å². The van der Waals surface area contributed by atoms with Gasteiger partial charge in [0, 0.05) is 11.3 Å². The van der Waals surface area contributed by atoms with E-state index >= 15 is 0 Å². The van der Waals surface area contributed by atoms with E-state index in [2.05, 4.69) is 15.4 Å². The van der Waals surface area contributed by atoms with Crippen LogP contribution in [0.1, 0.15) is 29.8 Å². The van der Waals surface area contributed by atoms with Crippen molar-refractivity contribution in [2.75, 3.05) is 11.9 Å². The summed E-state index contributed by atoms with van der Waals surface area (Å²) in [6.07, 6.45) is -4.69. The van der Waals surface area contributed by atoms with Crippen LogP contribution in [0, 0.1) is 0 Å². The van der Waals surface area contributed by atoms with E-state index in [9.17, 15) is 27.9 Å². The number of amides is 2. The maximum atomic E-state index is 12.2. The Balaban J connectivity index is 1.93. The highest BCUT2D eigenvalue weighted by Gasteiger charge is 2.31. The molecule has 2 amide bonds. The number of hydrogen-bond donors (Lipinski definition) is 3. The van der Waals surface area contributed by atoms with Crippen LogP contribution in [0.25, 0.3) is 0 Å².